The lowest BCUT2D eigenvalue weighted by Crippen LogP contribution is -2.29. The zero-order valence-electron chi connectivity index (χ0n) is 17.4. The number of rotatable bonds is 6. The number of hydrogen-bond acceptors (Lipinski definition) is 3. The van der Waals surface area contributed by atoms with Gasteiger partial charge in [-0.1, -0.05) is 37.3 Å². The molecular formula is C24H29N3O3. The number of likely N-dealkylation sites (N-methyl/N-ethyl adjacent to an activating group) is 1. The molecule has 1 saturated heterocycles. The van der Waals surface area contributed by atoms with Crippen LogP contribution in [0.4, 0.5) is 10.5 Å². The molecule has 2 aliphatic heterocycles. The standard InChI is InChI=1S/C24H29N3O3/c1-2-26-13-11-18-8-9-21(15-20(18)12-14-26)27-22(16-25-24(27)30)19-6-3-17(4-7-19)5-10-23(28)29/h3-4,6-9,15,22H,2,5,10-14,16H2,1H3,(H,25,30)(H,28,29). The normalized spacial score (nSPS) is 19.3. The van der Waals surface area contributed by atoms with Crippen molar-refractivity contribution in [2.45, 2.75) is 38.6 Å². The van der Waals surface area contributed by atoms with Gasteiger partial charge < -0.3 is 15.3 Å². The first-order valence-corrected chi connectivity index (χ1v) is 10.8. The van der Waals surface area contributed by atoms with Gasteiger partial charge in [0.05, 0.1) is 6.04 Å². The lowest BCUT2D eigenvalue weighted by atomic mass is 9.99. The molecule has 1 fully saturated rings. The summed E-state index contributed by atoms with van der Waals surface area (Å²) in [6.45, 7) is 5.98. The van der Waals surface area contributed by atoms with E-state index < -0.39 is 5.97 Å². The molecule has 1 atom stereocenters. The smallest absolute Gasteiger partial charge is 0.322 e. The van der Waals surface area contributed by atoms with Gasteiger partial charge in [0.2, 0.25) is 0 Å². The fraction of sp³-hybridized carbons (Fsp3) is 0.417. The molecule has 6 nitrogen and oxygen atoms in total. The van der Waals surface area contributed by atoms with Crippen molar-refractivity contribution in [1.82, 2.24) is 10.2 Å². The van der Waals surface area contributed by atoms with E-state index in [0.29, 0.717) is 13.0 Å². The van der Waals surface area contributed by atoms with Gasteiger partial charge in [-0.15, -0.1) is 0 Å². The summed E-state index contributed by atoms with van der Waals surface area (Å²) >= 11 is 0. The number of anilines is 1. The number of aliphatic carboxylic acids is 1. The summed E-state index contributed by atoms with van der Waals surface area (Å²) in [7, 11) is 0. The first-order valence-electron chi connectivity index (χ1n) is 10.8. The Labute approximate surface area is 177 Å². The van der Waals surface area contributed by atoms with Crippen LogP contribution in [0.25, 0.3) is 0 Å². The van der Waals surface area contributed by atoms with Crippen molar-refractivity contribution < 1.29 is 14.7 Å². The van der Waals surface area contributed by atoms with Crippen molar-refractivity contribution in [2.24, 2.45) is 0 Å². The maximum Gasteiger partial charge on any atom is 0.322 e. The van der Waals surface area contributed by atoms with Crippen molar-refractivity contribution in [2.75, 3.05) is 31.1 Å². The van der Waals surface area contributed by atoms with Gasteiger partial charge in [-0.2, -0.15) is 0 Å². The molecule has 4 rings (SSSR count). The Morgan fingerprint density at radius 2 is 1.83 bits per heavy atom. The minimum Gasteiger partial charge on any atom is -0.481 e. The predicted molar refractivity (Wildman–Crippen MR) is 117 cm³/mol. The summed E-state index contributed by atoms with van der Waals surface area (Å²) in [5.41, 5.74) is 5.71. The topological polar surface area (TPSA) is 72.9 Å². The van der Waals surface area contributed by atoms with Crippen molar-refractivity contribution >= 4 is 17.7 Å². The molecule has 30 heavy (non-hydrogen) atoms. The summed E-state index contributed by atoms with van der Waals surface area (Å²) in [4.78, 5) is 27.8. The van der Waals surface area contributed by atoms with Crippen LogP contribution in [0.15, 0.2) is 42.5 Å². The predicted octanol–water partition coefficient (Wildman–Crippen LogP) is 3.40. The van der Waals surface area contributed by atoms with Gasteiger partial charge in [0.15, 0.2) is 0 Å². The summed E-state index contributed by atoms with van der Waals surface area (Å²) in [5, 5.41) is 11.8. The zero-order chi connectivity index (χ0) is 21.1. The second kappa shape index (κ2) is 8.88. The number of benzene rings is 2. The molecule has 6 heteroatoms. The quantitative estimate of drug-likeness (QED) is 0.770. The average Bonchev–Trinajstić information content (AvgIpc) is 3.01. The van der Waals surface area contributed by atoms with E-state index in [9.17, 15) is 9.59 Å². The molecule has 0 bridgehead atoms. The van der Waals surface area contributed by atoms with Crippen molar-refractivity contribution in [3.63, 3.8) is 0 Å². The first kappa shape index (κ1) is 20.4. The molecule has 2 amide bonds. The molecule has 0 spiro atoms. The number of carboxylic acid groups (broad SMARTS) is 1. The molecule has 2 heterocycles. The second-order valence-electron chi connectivity index (χ2n) is 8.09. The molecule has 2 N–H and O–H groups in total. The van der Waals surface area contributed by atoms with Crippen molar-refractivity contribution in [3.8, 4) is 0 Å². The van der Waals surface area contributed by atoms with Crippen molar-refractivity contribution in [1.29, 1.82) is 0 Å². The fourth-order valence-electron chi connectivity index (χ4n) is 4.45. The van der Waals surface area contributed by atoms with Crippen LogP contribution in [0.3, 0.4) is 0 Å². The molecule has 2 aromatic rings. The Morgan fingerprint density at radius 1 is 1.10 bits per heavy atom. The van der Waals surface area contributed by atoms with E-state index >= 15 is 0 Å². The molecule has 0 aromatic heterocycles. The third-order valence-electron chi connectivity index (χ3n) is 6.28. The van der Waals surface area contributed by atoms with E-state index in [4.69, 9.17) is 5.11 Å². The maximum absolute atomic E-state index is 12.7. The molecular weight excluding hydrogens is 378 g/mol. The van der Waals surface area contributed by atoms with Gasteiger partial charge in [-0.25, -0.2) is 4.79 Å². The van der Waals surface area contributed by atoms with Gasteiger partial charge in [-0.3, -0.25) is 9.69 Å². The van der Waals surface area contributed by atoms with Crippen LogP contribution in [-0.4, -0.2) is 48.2 Å². The molecule has 158 valence electrons. The highest BCUT2D eigenvalue weighted by molar-refractivity contribution is 5.95. The number of nitrogens with zero attached hydrogens (tertiary/aromatic N) is 2. The van der Waals surface area contributed by atoms with Crippen LogP contribution in [0.1, 0.15) is 41.6 Å². The highest BCUT2D eigenvalue weighted by Gasteiger charge is 2.33. The summed E-state index contributed by atoms with van der Waals surface area (Å²) in [6.07, 6.45) is 2.70. The summed E-state index contributed by atoms with van der Waals surface area (Å²) in [5.74, 6) is -0.791. The molecule has 1 unspecified atom stereocenters. The van der Waals surface area contributed by atoms with Gasteiger partial charge >= 0.3 is 12.0 Å². The Hall–Kier alpha value is -2.86. The van der Waals surface area contributed by atoms with Crippen LogP contribution < -0.4 is 10.2 Å². The largest absolute Gasteiger partial charge is 0.481 e. The molecule has 0 radical (unpaired) electrons. The number of carboxylic acids is 1. The monoisotopic (exact) mass is 407 g/mol. The van der Waals surface area contributed by atoms with Crippen molar-refractivity contribution in [3.05, 3.63) is 64.7 Å². The molecule has 2 aromatic carbocycles. The lowest BCUT2D eigenvalue weighted by Gasteiger charge is -2.25. The zero-order valence-corrected chi connectivity index (χ0v) is 17.4. The number of carbonyl (C=O) groups is 2. The SMILES string of the molecule is CCN1CCc2ccc(N3C(=O)NCC3c3ccc(CCC(=O)O)cc3)cc2CC1. The third-order valence-corrected chi connectivity index (χ3v) is 6.28. The summed E-state index contributed by atoms with van der Waals surface area (Å²) in [6, 6.07) is 14.3. The highest BCUT2D eigenvalue weighted by Crippen LogP contribution is 2.33. The van der Waals surface area contributed by atoms with Gasteiger partial charge in [-0.05, 0) is 60.2 Å². The van der Waals surface area contributed by atoms with Crippen LogP contribution >= 0.6 is 0 Å². The molecule has 0 aliphatic carbocycles. The fourth-order valence-corrected chi connectivity index (χ4v) is 4.45. The average molecular weight is 408 g/mol. The van der Waals surface area contributed by atoms with Gasteiger partial charge in [0.25, 0.3) is 0 Å². The van der Waals surface area contributed by atoms with Crippen LogP contribution in [-0.2, 0) is 24.1 Å². The number of urea groups is 1. The Morgan fingerprint density at radius 3 is 2.53 bits per heavy atom. The van der Waals surface area contributed by atoms with Gasteiger partial charge in [0.1, 0.15) is 0 Å². The molecule has 2 aliphatic rings. The lowest BCUT2D eigenvalue weighted by molar-refractivity contribution is -0.136. The minimum absolute atomic E-state index is 0.0676. The van der Waals surface area contributed by atoms with Crippen LogP contribution in [0.5, 0.6) is 0 Å². The van der Waals surface area contributed by atoms with E-state index in [2.05, 4.69) is 35.3 Å². The van der Waals surface area contributed by atoms with Crippen LogP contribution in [0.2, 0.25) is 0 Å². The van der Waals surface area contributed by atoms with E-state index in [1.807, 2.05) is 29.2 Å². The van der Waals surface area contributed by atoms with Gasteiger partial charge in [0, 0.05) is 31.7 Å². The third kappa shape index (κ3) is 4.33. The van der Waals surface area contributed by atoms with E-state index in [1.165, 1.54) is 11.1 Å². The highest BCUT2D eigenvalue weighted by atomic mass is 16.4. The Balaban J connectivity index is 1.55. The second-order valence-corrected chi connectivity index (χ2v) is 8.09. The number of fused-ring (bicyclic) bond motifs is 1. The van der Waals surface area contributed by atoms with E-state index in [1.54, 1.807) is 0 Å². The maximum atomic E-state index is 12.7. The van der Waals surface area contributed by atoms with E-state index in [-0.39, 0.29) is 18.5 Å². The Bertz CT molecular complexity index is 926. The van der Waals surface area contributed by atoms with Crippen LogP contribution in [0, 0.1) is 0 Å². The number of nitrogens with one attached hydrogen (secondary N) is 1. The first-order chi connectivity index (χ1) is 14.5. The number of amides is 2. The minimum atomic E-state index is -0.791. The summed E-state index contributed by atoms with van der Waals surface area (Å²) < 4.78 is 0. The number of carbonyl (C=O) groups excluding carboxylic acids is 1. The van der Waals surface area contributed by atoms with E-state index in [0.717, 1.165) is 49.3 Å². The number of hydrogen-bond donors (Lipinski definition) is 2. The Kier molecular flexibility index (Phi) is 6.04. The molecule has 0 saturated carbocycles. The number of aryl methyl sites for hydroxylation is 1.